The normalized spacial score (nSPS) is 17.6. The number of carbonyl (C=O) groups excluding carboxylic acids is 1. The van der Waals surface area contributed by atoms with Gasteiger partial charge in [0.15, 0.2) is 0 Å². The molecule has 0 bridgehead atoms. The largest absolute Gasteiger partial charge is 0.356 e. The molecule has 1 unspecified atom stereocenters. The van der Waals surface area contributed by atoms with Gasteiger partial charge in [-0.3, -0.25) is 4.79 Å². The molecule has 1 atom stereocenters. The minimum Gasteiger partial charge on any atom is -0.356 e. The zero-order valence-electron chi connectivity index (χ0n) is 12.9. The lowest BCUT2D eigenvalue weighted by Gasteiger charge is -2.19. The highest BCUT2D eigenvalue weighted by molar-refractivity contribution is 7.09. The average molecular weight is 309 g/mol. The molecule has 0 radical (unpaired) electrons. The summed E-state index contributed by atoms with van der Waals surface area (Å²) in [7, 11) is 0. The molecule has 1 aliphatic carbocycles. The number of nitrogens with two attached hydrogens (primary N) is 1. The molecule has 21 heavy (non-hydrogen) atoms. The second kappa shape index (κ2) is 8.49. The van der Waals surface area contributed by atoms with Gasteiger partial charge in [0.25, 0.3) is 0 Å². The van der Waals surface area contributed by atoms with E-state index < -0.39 is 0 Å². The molecular formula is C16H27N3OS. The summed E-state index contributed by atoms with van der Waals surface area (Å²) >= 11 is 1.73. The van der Waals surface area contributed by atoms with Crippen LogP contribution < -0.4 is 11.1 Å². The van der Waals surface area contributed by atoms with E-state index >= 15 is 0 Å². The third kappa shape index (κ3) is 5.75. The fraction of sp³-hybridized carbons (Fsp3) is 0.750. The van der Waals surface area contributed by atoms with Crippen molar-refractivity contribution in [2.75, 3.05) is 6.54 Å². The predicted molar refractivity (Wildman–Crippen MR) is 87.5 cm³/mol. The van der Waals surface area contributed by atoms with Crippen LogP contribution in [-0.2, 0) is 11.2 Å². The number of rotatable bonds is 7. The molecular weight excluding hydrogens is 282 g/mol. The molecule has 0 saturated heterocycles. The smallest absolute Gasteiger partial charge is 0.220 e. The van der Waals surface area contributed by atoms with Gasteiger partial charge in [-0.05, 0) is 26.2 Å². The van der Waals surface area contributed by atoms with Crippen LogP contribution in [0.5, 0.6) is 0 Å². The third-order valence-electron chi connectivity index (χ3n) is 4.08. The van der Waals surface area contributed by atoms with Crippen LogP contribution in [0, 0.1) is 0 Å². The lowest BCUT2D eigenvalue weighted by Crippen LogP contribution is -2.27. The highest BCUT2D eigenvalue weighted by Gasteiger charge is 2.18. The molecule has 0 aromatic carbocycles. The maximum atomic E-state index is 11.6. The molecule has 3 N–H and O–H groups in total. The van der Waals surface area contributed by atoms with Crippen LogP contribution in [0.1, 0.15) is 68.5 Å². The van der Waals surface area contributed by atoms with E-state index in [1.54, 1.807) is 11.3 Å². The molecule has 5 heteroatoms. The number of carbonyl (C=O) groups is 1. The first kappa shape index (κ1) is 16.4. The first-order valence-electron chi connectivity index (χ1n) is 8.11. The standard InChI is InChI=1S/C16H27N3OS/c1-12(17)7-8-15(20)18-10-9-16-19-14(11-21-16)13-5-3-2-4-6-13/h11-13H,2-10,17H2,1H3,(H,18,20). The number of thiazole rings is 1. The van der Waals surface area contributed by atoms with Crippen LogP contribution >= 0.6 is 11.3 Å². The van der Waals surface area contributed by atoms with Gasteiger partial charge in [0.05, 0.1) is 10.7 Å². The van der Waals surface area contributed by atoms with Gasteiger partial charge in [-0.2, -0.15) is 0 Å². The fourth-order valence-electron chi connectivity index (χ4n) is 2.78. The molecule has 1 aromatic heterocycles. The van der Waals surface area contributed by atoms with Crippen LogP contribution in [-0.4, -0.2) is 23.5 Å². The van der Waals surface area contributed by atoms with Crippen molar-refractivity contribution < 1.29 is 4.79 Å². The van der Waals surface area contributed by atoms with E-state index in [0.717, 1.165) is 17.8 Å². The predicted octanol–water partition coefficient (Wildman–Crippen LogP) is 2.98. The monoisotopic (exact) mass is 309 g/mol. The molecule has 118 valence electrons. The van der Waals surface area contributed by atoms with E-state index in [1.807, 2.05) is 6.92 Å². The molecule has 1 saturated carbocycles. The molecule has 1 aliphatic rings. The fourth-order valence-corrected chi connectivity index (χ4v) is 3.66. The lowest BCUT2D eigenvalue weighted by atomic mass is 9.87. The van der Waals surface area contributed by atoms with Crippen LogP contribution in [0.4, 0.5) is 0 Å². The molecule has 2 rings (SSSR count). The Balaban J connectivity index is 1.69. The highest BCUT2D eigenvalue weighted by atomic mass is 32.1. The topological polar surface area (TPSA) is 68.0 Å². The summed E-state index contributed by atoms with van der Waals surface area (Å²) in [5.74, 6) is 0.765. The molecule has 4 nitrogen and oxygen atoms in total. The van der Waals surface area contributed by atoms with Gasteiger partial charge in [0, 0.05) is 36.7 Å². The summed E-state index contributed by atoms with van der Waals surface area (Å²) in [5, 5.41) is 6.30. The SMILES string of the molecule is CC(N)CCC(=O)NCCc1nc(C2CCCCC2)cs1. The summed E-state index contributed by atoms with van der Waals surface area (Å²) < 4.78 is 0. The van der Waals surface area contributed by atoms with Gasteiger partial charge in [0.2, 0.25) is 5.91 Å². The Morgan fingerprint density at radius 3 is 2.95 bits per heavy atom. The number of nitrogens with one attached hydrogen (secondary N) is 1. The zero-order chi connectivity index (χ0) is 15.1. The van der Waals surface area contributed by atoms with E-state index in [4.69, 9.17) is 10.7 Å². The quantitative estimate of drug-likeness (QED) is 0.813. The van der Waals surface area contributed by atoms with Gasteiger partial charge >= 0.3 is 0 Å². The molecule has 1 amide bonds. The van der Waals surface area contributed by atoms with E-state index in [-0.39, 0.29) is 11.9 Å². The van der Waals surface area contributed by atoms with Crippen LogP contribution in [0.3, 0.4) is 0 Å². The number of nitrogens with zero attached hydrogens (tertiary/aromatic N) is 1. The molecule has 0 aliphatic heterocycles. The van der Waals surface area contributed by atoms with Gasteiger partial charge in [-0.15, -0.1) is 11.3 Å². The van der Waals surface area contributed by atoms with Crippen molar-refractivity contribution in [3.63, 3.8) is 0 Å². The van der Waals surface area contributed by atoms with Crippen molar-refractivity contribution in [1.29, 1.82) is 0 Å². The summed E-state index contributed by atoms with van der Waals surface area (Å²) in [6.45, 7) is 2.60. The van der Waals surface area contributed by atoms with Crippen molar-refractivity contribution in [3.05, 3.63) is 16.1 Å². The van der Waals surface area contributed by atoms with E-state index in [9.17, 15) is 4.79 Å². The number of hydrogen-bond donors (Lipinski definition) is 2. The Hall–Kier alpha value is -0.940. The van der Waals surface area contributed by atoms with E-state index in [0.29, 0.717) is 18.9 Å². The first-order chi connectivity index (χ1) is 10.1. The minimum atomic E-state index is 0.0905. The molecule has 0 spiro atoms. The summed E-state index contributed by atoms with van der Waals surface area (Å²) in [5.41, 5.74) is 6.92. The molecule has 1 aromatic rings. The van der Waals surface area contributed by atoms with Crippen molar-refractivity contribution in [3.8, 4) is 0 Å². The Morgan fingerprint density at radius 1 is 1.48 bits per heavy atom. The summed E-state index contributed by atoms with van der Waals surface area (Å²) in [4.78, 5) is 16.4. The van der Waals surface area contributed by atoms with E-state index in [2.05, 4.69) is 10.7 Å². The van der Waals surface area contributed by atoms with Crippen molar-refractivity contribution >= 4 is 17.2 Å². The number of amides is 1. The first-order valence-corrected chi connectivity index (χ1v) is 8.99. The highest BCUT2D eigenvalue weighted by Crippen LogP contribution is 2.33. The maximum absolute atomic E-state index is 11.6. The second-order valence-corrected chi connectivity index (χ2v) is 7.06. The summed E-state index contributed by atoms with van der Waals surface area (Å²) in [6, 6.07) is 0.0905. The van der Waals surface area contributed by atoms with Gasteiger partial charge in [0.1, 0.15) is 0 Å². The third-order valence-corrected chi connectivity index (χ3v) is 5.01. The van der Waals surface area contributed by atoms with Gasteiger partial charge in [-0.1, -0.05) is 19.3 Å². The molecule has 1 heterocycles. The van der Waals surface area contributed by atoms with Gasteiger partial charge in [-0.25, -0.2) is 4.98 Å². The number of aromatic nitrogens is 1. The van der Waals surface area contributed by atoms with Crippen LogP contribution in [0.25, 0.3) is 0 Å². The average Bonchev–Trinajstić information content (AvgIpc) is 2.95. The Bertz CT molecular complexity index is 438. The number of hydrogen-bond acceptors (Lipinski definition) is 4. The summed E-state index contributed by atoms with van der Waals surface area (Å²) in [6.07, 6.45) is 8.73. The van der Waals surface area contributed by atoms with Crippen molar-refractivity contribution in [2.45, 2.75) is 70.3 Å². The van der Waals surface area contributed by atoms with Gasteiger partial charge < -0.3 is 11.1 Å². The minimum absolute atomic E-state index is 0.0905. The van der Waals surface area contributed by atoms with Crippen molar-refractivity contribution in [2.24, 2.45) is 5.73 Å². The Morgan fingerprint density at radius 2 is 2.24 bits per heavy atom. The molecule has 1 fully saturated rings. The second-order valence-electron chi connectivity index (χ2n) is 6.12. The lowest BCUT2D eigenvalue weighted by molar-refractivity contribution is -0.121. The van der Waals surface area contributed by atoms with E-state index in [1.165, 1.54) is 37.8 Å². The Labute approximate surface area is 131 Å². The Kier molecular flexibility index (Phi) is 6.64. The maximum Gasteiger partial charge on any atom is 0.220 e. The zero-order valence-corrected chi connectivity index (χ0v) is 13.8. The van der Waals surface area contributed by atoms with Crippen molar-refractivity contribution in [1.82, 2.24) is 10.3 Å². The van der Waals surface area contributed by atoms with Crippen LogP contribution in [0.15, 0.2) is 5.38 Å². The van der Waals surface area contributed by atoms with Crippen LogP contribution in [0.2, 0.25) is 0 Å².